The molecule has 0 aromatic heterocycles. The molecular weight excluding hydrogens is 479 g/mol. The Bertz CT molecular complexity index is 1250. The summed E-state index contributed by atoms with van der Waals surface area (Å²) in [6.07, 6.45) is 2.65. The van der Waals surface area contributed by atoms with Crippen LogP contribution in [0.2, 0.25) is 10.0 Å². The van der Waals surface area contributed by atoms with E-state index in [9.17, 15) is 9.90 Å². The highest BCUT2D eigenvalue weighted by Gasteiger charge is 2.38. The van der Waals surface area contributed by atoms with Gasteiger partial charge in [-0.15, -0.1) is 0 Å². The lowest BCUT2D eigenvalue weighted by Gasteiger charge is -2.33. The van der Waals surface area contributed by atoms with Gasteiger partial charge in [-0.25, -0.2) is 0 Å². The molecule has 180 valence electrons. The summed E-state index contributed by atoms with van der Waals surface area (Å²) in [4.78, 5) is 16.0. The van der Waals surface area contributed by atoms with Gasteiger partial charge in [-0.3, -0.25) is 4.79 Å². The standard InChI is InChI=1S/C29H28Cl2N2O2/c30-25-11-5-10-22(28(25)31)17-33(23-12-13-23)29(35)27-24(14-15-32-26(27)18-34)21-9-4-8-20(16-21)19-6-2-1-3-7-19/h1-11,16,23,26,32,34H,12-15,17-18H2. The van der Waals surface area contributed by atoms with E-state index in [1.54, 1.807) is 6.07 Å². The Morgan fingerprint density at radius 2 is 1.66 bits per heavy atom. The van der Waals surface area contributed by atoms with Crippen LogP contribution in [0.5, 0.6) is 0 Å². The van der Waals surface area contributed by atoms with Crippen LogP contribution >= 0.6 is 23.2 Å². The number of carbonyl (C=O) groups excluding carboxylic acids is 1. The fourth-order valence-electron chi connectivity index (χ4n) is 4.83. The second-order valence-electron chi connectivity index (χ2n) is 9.16. The summed E-state index contributed by atoms with van der Waals surface area (Å²) >= 11 is 12.7. The first-order valence-corrected chi connectivity index (χ1v) is 12.8. The van der Waals surface area contributed by atoms with Gasteiger partial charge in [0.1, 0.15) is 0 Å². The molecule has 1 unspecified atom stereocenters. The summed E-state index contributed by atoms with van der Waals surface area (Å²) in [7, 11) is 0. The number of halogens is 2. The number of amides is 1. The van der Waals surface area contributed by atoms with Crippen LogP contribution in [0.1, 0.15) is 30.4 Å². The van der Waals surface area contributed by atoms with Crippen LogP contribution in [-0.4, -0.2) is 41.1 Å². The zero-order valence-corrected chi connectivity index (χ0v) is 20.9. The Labute approximate surface area is 216 Å². The van der Waals surface area contributed by atoms with Crippen molar-refractivity contribution in [3.63, 3.8) is 0 Å². The smallest absolute Gasteiger partial charge is 0.252 e. The fraction of sp³-hybridized carbons (Fsp3) is 0.276. The largest absolute Gasteiger partial charge is 0.394 e. The van der Waals surface area contributed by atoms with Gasteiger partial charge in [-0.1, -0.05) is 83.9 Å². The topological polar surface area (TPSA) is 52.6 Å². The van der Waals surface area contributed by atoms with E-state index < -0.39 is 6.04 Å². The summed E-state index contributed by atoms with van der Waals surface area (Å²) in [6.45, 7) is 0.956. The predicted octanol–water partition coefficient (Wildman–Crippen LogP) is 5.96. The van der Waals surface area contributed by atoms with Gasteiger partial charge in [-0.2, -0.15) is 0 Å². The van der Waals surface area contributed by atoms with Crippen molar-refractivity contribution in [1.82, 2.24) is 10.2 Å². The molecule has 6 heteroatoms. The highest BCUT2D eigenvalue weighted by molar-refractivity contribution is 6.42. The third-order valence-corrected chi connectivity index (χ3v) is 7.65. The molecule has 2 aliphatic rings. The zero-order valence-electron chi connectivity index (χ0n) is 19.4. The molecule has 3 aromatic carbocycles. The first-order valence-electron chi connectivity index (χ1n) is 12.0. The van der Waals surface area contributed by atoms with Crippen molar-refractivity contribution in [3.05, 3.63) is 99.5 Å². The van der Waals surface area contributed by atoms with E-state index in [0.717, 1.165) is 40.7 Å². The Balaban J connectivity index is 1.55. The van der Waals surface area contributed by atoms with Crippen molar-refractivity contribution < 1.29 is 9.90 Å². The van der Waals surface area contributed by atoms with Gasteiger partial charge in [-0.05, 0) is 65.8 Å². The summed E-state index contributed by atoms with van der Waals surface area (Å²) in [5, 5.41) is 14.5. The average molecular weight is 507 g/mol. The number of carbonyl (C=O) groups is 1. The van der Waals surface area contributed by atoms with Crippen molar-refractivity contribution in [1.29, 1.82) is 0 Å². The summed E-state index contributed by atoms with van der Waals surface area (Å²) in [6, 6.07) is 23.8. The van der Waals surface area contributed by atoms with E-state index >= 15 is 0 Å². The first-order chi connectivity index (χ1) is 17.1. The minimum absolute atomic E-state index is 0.0464. The third-order valence-electron chi connectivity index (χ3n) is 6.79. The lowest BCUT2D eigenvalue weighted by atomic mass is 9.87. The van der Waals surface area contributed by atoms with Crippen LogP contribution < -0.4 is 5.32 Å². The second-order valence-corrected chi connectivity index (χ2v) is 9.94. The van der Waals surface area contributed by atoms with E-state index in [1.165, 1.54) is 0 Å². The molecule has 3 aromatic rings. The fourth-order valence-corrected chi connectivity index (χ4v) is 5.21. The molecule has 0 radical (unpaired) electrons. The number of hydrogen-bond donors (Lipinski definition) is 2. The molecule has 1 atom stereocenters. The van der Waals surface area contributed by atoms with Crippen LogP contribution in [0.25, 0.3) is 16.7 Å². The molecule has 0 bridgehead atoms. The zero-order chi connectivity index (χ0) is 24.4. The molecule has 2 N–H and O–H groups in total. The predicted molar refractivity (Wildman–Crippen MR) is 142 cm³/mol. The highest BCUT2D eigenvalue weighted by Crippen LogP contribution is 2.36. The number of nitrogens with zero attached hydrogens (tertiary/aromatic N) is 1. The molecule has 35 heavy (non-hydrogen) atoms. The summed E-state index contributed by atoms with van der Waals surface area (Å²) in [5.74, 6) is -0.0464. The van der Waals surface area contributed by atoms with E-state index in [2.05, 4.69) is 35.6 Å². The second kappa shape index (κ2) is 10.5. The van der Waals surface area contributed by atoms with E-state index in [0.29, 0.717) is 35.1 Å². The highest BCUT2D eigenvalue weighted by atomic mass is 35.5. The SMILES string of the molecule is O=C(C1=C(c2cccc(-c3ccccc3)c2)CCNC1CO)N(Cc1cccc(Cl)c1Cl)C1CC1. The number of benzene rings is 3. The Kier molecular flexibility index (Phi) is 7.26. The van der Waals surface area contributed by atoms with Crippen molar-refractivity contribution in [2.45, 2.75) is 37.9 Å². The molecule has 1 amide bonds. The van der Waals surface area contributed by atoms with Gasteiger partial charge in [0, 0.05) is 18.2 Å². The van der Waals surface area contributed by atoms with Crippen molar-refractivity contribution >= 4 is 34.7 Å². The normalized spacial score (nSPS) is 18.0. The number of hydrogen-bond acceptors (Lipinski definition) is 3. The molecule has 4 nitrogen and oxygen atoms in total. The van der Waals surface area contributed by atoms with Crippen molar-refractivity contribution in [3.8, 4) is 11.1 Å². The maximum atomic E-state index is 14.1. The number of nitrogens with one attached hydrogen (secondary N) is 1. The first kappa shape index (κ1) is 24.1. The van der Waals surface area contributed by atoms with E-state index in [-0.39, 0.29) is 18.6 Å². The summed E-state index contributed by atoms with van der Waals surface area (Å²) in [5.41, 5.74) is 5.72. The molecule has 5 rings (SSSR count). The lowest BCUT2D eigenvalue weighted by Crippen LogP contribution is -2.46. The molecule has 1 heterocycles. The number of aliphatic hydroxyl groups is 1. The van der Waals surface area contributed by atoms with Gasteiger partial charge in [0.2, 0.25) is 0 Å². The molecule has 1 aliphatic heterocycles. The van der Waals surface area contributed by atoms with Gasteiger partial charge in [0.15, 0.2) is 0 Å². The maximum Gasteiger partial charge on any atom is 0.252 e. The Morgan fingerprint density at radius 3 is 2.40 bits per heavy atom. The average Bonchev–Trinajstić information content (AvgIpc) is 3.74. The van der Waals surface area contributed by atoms with Gasteiger partial charge >= 0.3 is 0 Å². The third kappa shape index (κ3) is 5.17. The van der Waals surface area contributed by atoms with E-state index in [4.69, 9.17) is 23.2 Å². The van der Waals surface area contributed by atoms with Crippen molar-refractivity contribution in [2.24, 2.45) is 0 Å². The molecule has 0 saturated heterocycles. The lowest BCUT2D eigenvalue weighted by molar-refractivity contribution is -0.128. The van der Waals surface area contributed by atoms with Crippen LogP contribution in [-0.2, 0) is 11.3 Å². The summed E-state index contributed by atoms with van der Waals surface area (Å²) < 4.78 is 0. The number of aliphatic hydroxyl groups excluding tert-OH is 1. The molecule has 1 aliphatic carbocycles. The van der Waals surface area contributed by atoms with Crippen LogP contribution in [0.4, 0.5) is 0 Å². The Hall–Kier alpha value is -2.63. The molecular formula is C29H28Cl2N2O2. The van der Waals surface area contributed by atoms with Gasteiger partial charge in [0.25, 0.3) is 5.91 Å². The minimum atomic E-state index is -0.414. The minimum Gasteiger partial charge on any atom is -0.394 e. The Morgan fingerprint density at radius 1 is 0.943 bits per heavy atom. The van der Waals surface area contributed by atoms with Crippen LogP contribution in [0.3, 0.4) is 0 Å². The molecule has 0 spiro atoms. The van der Waals surface area contributed by atoms with E-state index in [1.807, 2.05) is 41.3 Å². The molecule has 1 saturated carbocycles. The quantitative estimate of drug-likeness (QED) is 0.415. The monoisotopic (exact) mass is 506 g/mol. The van der Waals surface area contributed by atoms with Crippen LogP contribution in [0, 0.1) is 0 Å². The number of rotatable bonds is 7. The van der Waals surface area contributed by atoms with Gasteiger partial charge < -0.3 is 15.3 Å². The molecule has 1 fully saturated rings. The van der Waals surface area contributed by atoms with Crippen molar-refractivity contribution in [2.75, 3.05) is 13.2 Å². The maximum absolute atomic E-state index is 14.1. The van der Waals surface area contributed by atoms with Crippen LogP contribution in [0.15, 0.2) is 78.4 Å². The van der Waals surface area contributed by atoms with Gasteiger partial charge in [0.05, 0.1) is 22.7 Å².